The number of ether oxygens (including phenoxy) is 3. The van der Waals surface area contributed by atoms with Gasteiger partial charge in [0, 0.05) is 52.2 Å². The molecule has 3 saturated carbocycles. The number of aliphatic hydroxyl groups excluding tert-OH is 1. The Morgan fingerprint density at radius 3 is 2.34 bits per heavy atom. The lowest BCUT2D eigenvalue weighted by molar-refractivity contribution is -0.249. The number of aliphatic hydroxyl groups is 1. The summed E-state index contributed by atoms with van der Waals surface area (Å²) in [6.07, 6.45) is 3.08. The van der Waals surface area contributed by atoms with Crippen LogP contribution in [-0.2, 0) is 44.2 Å². The molecule has 5 aliphatic carbocycles. The first-order chi connectivity index (χ1) is 34.8. The third-order valence-electron chi connectivity index (χ3n) is 15.6. The summed E-state index contributed by atoms with van der Waals surface area (Å²) < 4.78 is 75.5. The lowest BCUT2D eigenvalue weighted by atomic mass is 9.44. The molecule has 7 aliphatic rings. The highest BCUT2D eigenvalue weighted by Gasteiger charge is 2.80. The number of nitrogens with one attached hydrogen (secondary N) is 2. The van der Waals surface area contributed by atoms with E-state index in [0.29, 0.717) is 26.9 Å². The number of fused-ring (bicyclic) bond motifs is 8. The molecule has 10 atom stereocenters. The van der Waals surface area contributed by atoms with E-state index in [9.17, 15) is 32.9 Å². The molecule has 4 N–H and O–H groups in total. The van der Waals surface area contributed by atoms with Crippen molar-refractivity contribution in [1.29, 1.82) is 0 Å². The minimum absolute atomic E-state index is 0.0406. The van der Waals surface area contributed by atoms with Gasteiger partial charge in [0.2, 0.25) is 5.78 Å². The summed E-state index contributed by atoms with van der Waals surface area (Å²) in [7, 11) is -1.04. The molecule has 13 nitrogen and oxygen atoms in total. The SMILES string of the molecule is CC(=O)OCC(=O)[C@@]12OC(C)(C)O[C@@H]1C[C@H]1[C@@H]3C[C@H](F)C4=CC(=O)C=C[C@]4(C)[C@@]3(F)[C@@H](O)C[C@@]12C.CC1=C(CC(=O)O)c2cc(F)ccc2/C1=C\c1ccc(S(C)=O)cc1.Clc1cccc(Cl)c1NC1=NCCN1. The molecule has 1 saturated heterocycles. The maximum atomic E-state index is 17.3. The molecule has 4 fully saturated rings. The van der Waals surface area contributed by atoms with Crippen LogP contribution in [0.3, 0.4) is 0 Å². The molecule has 3 aromatic carbocycles. The number of hydrogen-bond donors (Lipinski definition) is 4. The number of benzene rings is 3. The molecule has 0 amide bonds. The molecule has 394 valence electrons. The molecule has 19 heteroatoms. The second kappa shape index (κ2) is 20.6. The summed E-state index contributed by atoms with van der Waals surface area (Å²) in [4.78, 5) is 53.2. The summed E-state index contributed by atoms with van der Waals surface area (Å²) in [5.41, 5.74) is -1.01. The number of ketones is 2. The van der Waals surface area contributed by atoms with Crippen LogP contribution in [0.2, 0.25) is 10.0 Å². The van der Waals surface area contributed by atoms with Crippen molar-refractivity contribution >= 4 is 86.4 Å². The van der Waals surface area contributed by atoms with Gasteiger partial charge >= 0.3 is 11.9 Å². The highest BCUT2D eigenvalue weighted by molar-refractivity contribution is 7.84. The molecular formula is C55H58Cl2F3N3O10S. The molecule has 3 aromatic rings. The van der Waals surface area contributed by atoms with E-state index in [1.54, 1.807) is 63.4 Å². The third kappa shape index (κ3) is 9.72. The molecule has 0 aromatic heterocycles. The smallest absolute Gasteiger partial charge is 0.307 e. The Balaban J connectivity index is 0.000000162. The predicted octanol–water partition coefficient (Wildman–Crippen LogP) is 9.67. The second-order valence-electron chi connectivity index (χ2n) is 20.5. The summed E-state index contributed by atoms with van der Waals surface area (Å²) in [5, 5.41) is 27.9. The zero-order valence-corrected chi connectivity index (χ0v) is 44.2. The topological polar surface area (TPSA) is 190 Å². The maximum Gasteiger partial charge on any atom is 0.307 e. The van der Waals surface area contributed by atoms with Gasteiger partial charge in [0.05, 0.1) is 40.9 Å². The molecular weight excluding hydrogens is 1020 g/mol. The Morgan fingerprint density at radius 1 is 1.03 bits per heavy atom. The van der Waals surface area contributed by atoms with Crippen molar-refractivity contribution in [2.45, 2.75) is 108 Å². The van der Waals surface area contributed by atoms with E-state index >= 15 is 8.78 Å². The van der Waals surface area contributed by atoms with Crippen molar-refractivity contribution < 1.29 is 61.0 Å². The van der Waals surface area contributed by atoms with Crippen LogP contribution >= 0.6 is 23.2 Å². The van der Waals surface area contributed by atoms with E-state index < -0.39 is 99.0 Å². The van der Waals surface area contributed by atoms with Crippen molar-refractivity contribution in [3.8, 4) is 0 Å². The van der Waals surface area contributed by atoms with Crippen molar-refractivity contribution in [2.24, 2.45) is 27.7 Å². The highest BCUT2D eigenvalue weighted by atomic mass is 35.5. The number of alkyl halides is 2. The van der Waals surface area contributed by atoms with Gasteiger partial charge in [0.15, 0.2) is 35.4 Å². The van der Waals surface area contributed by atoms with Gasteiger partial charge in [-0.3, -0.25) is 28.4 Å². The molecule has 2 aliphatic heterocycles. The van der Waals surface area contributed by atoms with Gasteiger partial charge in [-0.1, -0.05) is 60.5 Å². The van der Waals surface area contributed by atoms with Crippen LogP contribution in [0, 0.1) is 28.5 Å². The Hall–Kier alpha value is -5.43. The van der Waals surface area contributed by atoms with Crippen LogP contribution < -0.4 is 10.6 Å². The third-order valence-corrected chi connectivity index (χ3v) is 17.2. The van der Waals surface area contributed by atoms with Crippen LogP contribution in [0.25, 0.3) is 17.2 Å². The Morgan fingerprint density at radius 2 is 1.72 bits per heavy atom. The van der Waals surface area contributed by atoms with Crippen molar-refractivity contribution in [2.75, 3.05) is 31.3 Å². The number of allylic oxidation sites excluding steroid dienone is 6. The van der Waals surface area contributed by atoms with E-state index in [-0.39, 0.29) is 37.1 Å². The highest BCUT2D eigenvalue weighted by Crippen LogP contribution is 2.72. The first-order valence-corrected chi connectivity index (χ1v) is 26.5. The number of carboxylic acids is 1. The number of carboxylic acid groups (broad SMARTS) is 1. The van der Waals surface area contributed by atoms with Gasteiger partial charge in [-0.2, -0.15) is 0 Å². The van der Waals surface area contributed by atoms with Crippen LogP contribution in [0.4, 0.5) is 18.9 Å². The Labute approximate surface area is 439 Å². The number of anilines is 1. The lowest BCUT2D eigenvalue weighted by Gasteiger charge is -2.63. The number of halogens is 5. The predicted molar refractivity (Wildman–Crippen MR) is 277 cm³/mol. The zero-order valence-electron chi connectivity index (χ0n) is 41.8. The van der Waals surface area contributed by atoms with Gasteiger partial charge in [-0.25, -0.2) is 13.2 Å². The number of aliphatic imine (C=N–C) groups is 1. The van der Waals surface area contributed by atoms with Gasteiger partial charge in [-0.05, 0) is 146 Å². The number of esters is 1. The number of carbonyl (C=O) groups is 4. The number of Topliss-reactive ketones (excluding diaryl/α,β-unsaturated/α-hetero) is 1. The number of rotatable bonds is 8. The summed E-state index contributed by atoms with van der Waals surface area (Å²) >= 11 is 12.0. The first-order valence-electron chi connectivity index (χ1n) is 24.1. The van der Waals surface area contributed by atoms with Gasteiger partial charge in [0.25, 0.3) is 0 Å². The maximum absolute atomic E-state index is 17.3. The molecule has 1 unspecified atom stereocenters. The molecule has 0 spiro atoms. The number of carbonyl (C=O) groups excluding carboxylic acids is 3. The fraction of sp³-hybridized carbons (Fsp3) is 0.436. The Kier molecular flexibility index (Phi) is 15.3. The normalized spacial score (nSPS) is 31.7. The van der Waals surface area contributed by atoms with Crippen LogP contribution in [0.15, 0.2) is 99.9 Å². The fourth-order valence-electron chi connectivity index (χ4n) is 12.3. The molecule has 74 heavy (non-hydrogen) atoms. The lowest BCUT2D eigenvalue weighted by Crippen LogP contribution is -2.71. The van der Waals surface area contributed by atoms with Crippen molar-refractivity contribution in [3.63, 3.8) is 0 Å². The molecule has 0 bridgehead atoms. The number of nitrogens with zero attached hydrogens (tertiary/aromatic N) is 1. The van der Waals surface area contributed by atoms with Crippen molar-refractivity contribution in [3.05, 3.63) is 123 Å². The van der Waals surface area contributed by atoms with Gasteiger partial charge in [-0.15, -0.1) is 0 Å². The minimum Gasteiger partial charge on any atom is -0.481 e. The standard InChI is InChI=1S/C26H32F2O7.C20H17FO3S.C9H9Cl2N3/c1-13(29)33-12-20(32)26-21(34-22(2,3)35-26)10-15-16-9-18(27)17-8-14(30)6-7-23(17,4)25(16,28)19(31)11-24(15,26)5;1-12-17(9-13-3-6-15(7-4-13)25(2)24)16-8-5-14(21)10-19(16)18(12)11-20(22)23;10-6-2-1-3-7(11)8(6)14-9-12-4-5-13-9/h6-8,15-16,18-19,21,31H,9-12H2,1-5H3;3-10H,11H2,1-2H3,(H,22,23);1-3H,4-5H2,(H2,12,13,14)/b;17-9-;/t15-,16-,18-,19-,21+,23-,24-,25-,26+;;/m0../s1. The van der Waals surface area contributed by atoms with E-state index in [2.05, 4.69) is 15.6 Å². The summed E-state index contributed by atoms with van der Waals surface area (Å²) in [6.45, 7) is 10.8. The van der Waals surface area contributed by atoms with E-state index in [1.807, 2.05) is 25.1 Å². The van der Waals surface area contributed by atoms with E-state index in [1.165, 1.54) is 38.1 Å². The Bertz CT molecular complexity index is 2980. The number of guanidine groups is 1. The van der Waals surface area contributed by atoms with Crippen LogP contribution in [-0.4, -0.2) is 105 Å². The molecule has 2 heterocycles. The quantitative estimate of drug-likeness (QED) is 0.157. The van der Waals surface area contributed by atoms with Crippen LogP contribution in [0.1, 0.15) is 83.9 Å². The summed E-state index contributed by atoms with van der Waals surface area (Å²) in [6, 6.07) is 17.2. The minimum atomic E-state index is -2.27. The monoisotopic (exact) mass is 1080 g/mol. The largest absolute Gasteiger partial charge is 0.481 e. The molecule has 10 rings (SSSR count). The van der Waals surface area contributed by atoms with Gasteiger partial charge < -0.3 is 35.1 Å². The van der Waals surface area contributed by atoms with Crippen molar-refractivity contribution in [1.82, 2.24) is 5.32 Å². The summed E-state index contributed by atoms with van der Waals surface area (Å²) in [5.74, 6) is -4.84. The fourth-order valence-corrected chi connectivity index (χ4v) is 13.4. The molecule has 0 radical (unpaired) electrons. The second-order valence-corrected chi connectivity index (χ2v) is 22.7. The van der Waals surface area contributed by atoms with Crippen LogP contribution in [0.5, 0.6) is 0 Å². The average Bonchev–Trinajstić information content (AvgIpc) is 4.07. The first kappa shape index (κ1) is 54.8. The average molecular weight is 1080 g/mol. The number of para-hydroxylation sites is 1. The van der Waals surface area contributed by atoms with Gasteiger partial charge in [0.1, 0.15) is 12.0 Å². The van der Waals surface area contributed by atoms with E-state index in [4.69, 9.17) is 42.5 Å². The zero-order chi connectivity index (χ0) is 53.9. The van der Waals surface area contributed by atoms with E-state index in [0.717, 1.165) is 52.3 Å². The number of hydrogen-bond acceptors (Lipinski definition) is 12. The number of aliphatic carboxylic acids is 1.